The van der Waals surface area contributed by atoms with Gasteiger partial charge in [-0.15, -0.1) is 0 Å². The van der Waals surface area contributed by atoms with Gasteiger partial charge in [0.1, 0.15) is 0 Å². The second-order valence-electron chi connectivity index (χ2n) is 3.82. The summed E-state index contributed by atoms with van der Waals surface area (Å²) in [5.41, 5.74) is 6.92. The number of nitrogen functional groups attached to an aromatic ring is 1. The highest BCUT2D eigenvalue weighted by atomic mass is 19.2. The first-order valence-electron chi connectivity index (χ1n) is 5.29. The molecule has 94 valence electrons. The van der Waals surface area contributed by atoms with E-state index < -0.39 is 17.5 Å². The minimum absolute atomic E-state index is 0.0780. The zero-order valence-electron chi connectivity index (χ0n) is 9.38. The Morgan fingerprint density at radius 3 is 2.22 bits per heavy atom. The Hall–Kier alpha value is -2.17. The first-order chi connectivity index (χ1) is 8.58. The fraction of sp³-hybridized carbons (Fsp3) is 0.0769. The second-order valence-corrected chi connectivity index (χ2v) is 3.82. The minimum atomic E-state index is -1.47. The number of rotatable bonds is 3. The molecule has 0 radical (unpaired) electrons. The van der Waals surface area contributed by atoms with Crippen LogP contribution in [0, 0.1) is 17.5 Å². The van der Waals surface area contributed by atoms with Gasteiger partial charge in [-0.05, 0) is 29.8 Å². The molecule has 0 saturated heterocycles. The van der Waals surface area contributed by atoms with Crippen molar-refractivity contribution in [3.05, 3.63) is 59.4 Å². The zero-order valence-corrected chi connectivity index (χ0v) is 9.38. The van der Waals surface area contributed by atoms with E-state index in [0.29, 0.717) is 12.2 Å². The molecule has 0 aromatic heterocycles. The molecule has 18 heavy (non-hydrogen) atoms. The topological polar surface area (TPSA) is 38.0 Å². The van der Waals surface area contributed by atoms with Crippen molar-refractivity contribution in [1.29, 1.82) is 0 Å². The summed E-state index contributed by atoms with van der Waals surface area (Å²) in [5.74, 6) is -3.90. The summed E-state index contributed by atoms with van der Waals surface area (Å²) in [5, 5.41) is 2.69. The maximum atomic E-state index is 13.3. The van der Waals surface area contributed by atoms with Gasteiger partial charge in [0.15, 0.2) is 17.5 Å². The molecular weight excluding hydrogens is 241 g/mol. The minimum Gasteiger partial charge on any atom is -0.399 e. The molecule has 0 heterocycles. The maximum absolute atomic E-state index is 13.3. The van der Waals surface area contributed by atoms with Crippen molar-refractivity contribution in [2.45, 2.75) is 6.54 Å². The lowest BCUT2D eigenvalue weighted by Crippen LogP contribution is -2.04. The van der Waals surface area contributed by atoms with Gasteiger partial charge in [0, 0.05) is 12.2 Å². The summed E-state index contributed by atoms with van der Waals surface area (Å²) >= 11 is 0. The van der Waals surface area contributed by atoms with E-state index in [4.69, 9.17) is 5.73 Å². The quantitative estimate of drug-likeness (QED) is 0.649. The van der Waals surface area contributed by atoms with Crippen molar-refractivity contribution in [1.82, 2.24) is 0 Å². The van der Waals surface area contributed by atoms with Crippen LogP contribution in [0.3, 0.4) is 0 Å². The highest BCUT2D eigenvalue weighted by Crippen LogP contribution is 2.20. The van der Waals surface area contributed by atoms with E-state index in [0.717, 1.165) is 17.7 Å². The van der Waals surface area contributed by atoms with Gasteiger partial charge in [-0.2, -0.15) is 0 Å². The van der Waals surface area contributed by atoms with E-state index in [2.05, 4.69) is 5.32 Å². The lowest BCUT2D eigenvalue weighted by Gasteiger charge is -2.08. The van der Waals surface area contributed by atoms with Crippen molar-refractivity contribution in [2.75, 3.05) is 11.1 Å². The van der Waals surface area contributed by atoms with Gasteiger partial charge in [-0.25, -0.2) is 13.2 Å². The van der Waals surface area contributed by atoms with Crippen LogP contribution < -0.4 is 11.1 Å². The predicted molar refractivity (Wildman–Crippen MR) is 64.5 cm³/mol. The Kier molecular flexibility index (Phi) is 3.41. The third-order valence-electron chi connectivity index (χ3n) is 2.50. The van der Waals surface area contributed by atoms with Crippen LogP contribution in [0.15, 0.2) is 36.4 Å². The highest BCUT2D eigenvalue weighted by molar-refractivity contribution is 5.46. The van der Waals surface area contributed by atoms with Gasteiger partial charge in [-0.3, -0.25) is 0 Å². The van der Waals surface area contributed by atoms with Crippen molar-refractivity contribution in [2.24, 2.45) is 0 Å². The van der Waals surface area contributed by atoms with Crippen LogP contribution in [0.5, 0.6) is 0 Å². The Bertz CT molecular complexity index is 553. The zero-order chi connectivity index (χ0) is 13.1. The van der Waals surface area contributed by atoms with Crippen LogP contribution in [-0.4, -0.2) is 0 Å². The van der Waals surface area contributed by atoms with Crippen molar-refractivity contribution < 1.29 is 13.2 Å². The molecular formula is C13H11F3N2. The normalized spacial score (nSPS) is 10.4. The van der Waals surface area contributed by atoms with Crippen LogP contribution in [0.1, 0.15) is 5.56 Å². The van der Waals surface area contributed by atoms with E-state index in [9.17, 15) is 13.2 Å². The average molecular weight is 252 g/mol. The molecule has 0 bridgehead atoms. The molecule has 0 saturated carbocycles. The van der Waals surface area contributed by atoms with Gasteiger partial charge in [0.25, 0.3) is 0 Å². The molecule has 2 aromatic rings. The predicted octanol–water partition coefficient (Wildman–Crippen LogP) is 3.30. The summed E-state index contributed by atoms with van der Waals surface area (Å²) in [6, 6.07) is 8.98. The molecule has 2 aromatic carbocycles. The molecule has 5 heteroatoms. The molecule has 0 amide bonds. The standard InChI is InChI=1S/C13H11F3N2/c14-10-5-6-11(13(16)12(10)15)18-7-8-1-3-9(17)4-2-8/h1-6,18H,7,17H2. The van der Waals surface area contributed by atoms with Crippen LogP contribution in [0.25, 0.3) is 0 Å². The van der Waals surface area contributed by atoms with Gasteiger partial charge >= 0.3 is 0 Å². The lowest BCUT2D eigenvalue weighted by molar-refractivity contribution is 0.449. The fourth-order valence-corrected chi connectivity index (χ4v) is 1.50. The maximum Gasteiger partial charge on any atom is 0.196 e. The largest absolute Gasteiger partial charge is 0.399 e. The van der Waals surface area contributed by atoms with Crippen LogP contribution >= 0.6 is 0 Å². The smallest absolute Gasteiger partial charge is 0.196 e. The van der Waals surface area contributed by atoms with Gasteiger partial charge < -0.3 is 11.1 Å². The van der Waals surface area contributed by atoms with E-state index in [1.54, 1.807) is 24.3 Å². The third kappa shape index (κ3) is 2.56. The number of nitrogens with two attached hydrogens (primary N) is 1. The molecule has 0 aliphatic rings. The Morgan fingerprint density at radius 2 is 1.56 bits per heavy atom. The van der Waals surface area contributed by atoms with Crippen molar-refractivity contribution >= 4 is 11.4 Å². The molecule has 3 N–H and O–H groups in total. The number of benzene rings is 2. The van der Waals surface area contributed by atoms with Crippen LogP contribution in [0.4, 0.5) is 24.5 Å². The number of hydrogen-bond acceptors (Lipinski definition) is 2. The second kappa shape index (κ2) is 5.00. The SMILES string of the molecule is Nc1ccc(CNc2ccc(F)c(F)c2F)cc1. The highest BCUT2D eigenvalue weighted by Gasteiger charge is 2.12. The molecule has 2 nitrogen and oxygen atoms in total. The van der Waals surface area contributed by atoms with Crippen molar-refractivity contribution in [3.63, 3.8) is 0 Å². The Labute approximate surface area is 102 Å². The molecule has 0 aliphatic carbocycles. The third-order valence-corrected chi connectivity index (χ3v) is 2.50. The summed E-state index contributed by atoms with van der Waals surface area (Å²) in [7, 11) is 0. The molecule has 0 fully saturated rings. The van der Waals surface area contributed by atoms with E-state index in [-0.39, 0.29) is 5.69 Å². The van der Waals surface area contributed by atoms with E-state index in [1.165, 1.54) is 0 Å². The molecule has 2 rings (SSSR count). The number of nitrogens with one attached hydrogen (secondary N) is 1. The summed E-state index contributed by atoms with van der Waals surface area (Å²) < 4.78 is 39.0. The van der Waals surface area contributed by atoms with E-state index in [1.807, 2.05) is 0 Å². The number of anilines is 2. The van der Waals surface area contributed by atoms with E-state index >= 15 is 0 Å². The van der Waals surface area contributed by atoms with Crippen LogP contribution in [0.2, 0.25) is 0 Å². The van der Waals surface area contributed by atoms with Gasteiger partial charge in [0.2, 0.25) is 0 Å². The fourth-order valence-electron chi connectivity index (χ4n) is 1.50. The van der Waals surface area contributed by atoms with Gasteiger partial charge in [0.05, 0.1) is 5.69 Å². The number of hydrogen-bond donors (Lipinski definition) is 2. The monoisotopic (exact) mass is 252 g/mol. The summed E-state index contributed by atoms with van der Waals surface area (Å²) in [6.07, 6.45) is 0. The molecule has 0 unspecified atom stereocenters. The molecule has 0 aliphatic heterocycles. The number of halogens is 3. The van der Waals surface area contributed by atoms with Crippen LogP contribution in [-0.2, 0) is 6.54 Å². The molecule has 0 atom stereocenters. The molecule has 0 spiro atoms. The summed E-state index contributed by atoms with van der Waals surface area (Å²) in [4.78, 5) is 0. The average Bonchev–Trinajstić information content (AvgIpc) is 2.37. The summed E-state index contributed by atoms with van der Waals surface area (Å²) in [6.45, 7) is 0.294. The Morgan fingerprint density at radius 1 is 0.889 bits per heavy atom. The first-order valence-corrected chi connectivity index (χ1v) is 5.29. The van der Waals surface area contributed by atoms with Gasteiger partial charge in [-0.1, -0.05) is 12.1 Å². The lowest BCUT2D eigenvalue weighted by atomic mass is 10.2. The Balaban J connectivity index is 2.11. The first kappa shape index (κ1) is 12.3. The van der Waals surface area contributed by atoms with Crippen molar-refractivity contribution in [3.8, 4) is 0 Å².